The summed E-state index contributed by atoms with van der Waals surface area (Å²) < 4.78 is 5.20. The maximum absolute atomic E-state index is 12.5. The molecule has 3 nitrogen and oxygen atoms in total. The standard InChI is InChI=1S/C18H25NO2/c1-18(9-10-18)17(20)19-11-3-4-15(13-19)12-14-5-7-16(21-2)8-6-14/h5-8,15H,3-4,9-13H2,1-2H3. The molecule has 1 aromatic carbocycles. The van der Waals surface area contributed by atoms with Gasteiger partial charge < -0.3 is 9.64 Å². The molecule has 0 aromatic heterocycles. The van der Waals surface area contributed by atoms with Crippen molar-refractivity contribution in [3.05, 3.63) is 29.8 Å². The smallest absolute Gasteiger partial charge is 0.228 e. The van der Waals surface area contributed by atoms with E-state index < -0.39 is 0 Å². The van der Waals surface area contributed by atoms with Crippen LogP contribution >= 0.6 is 0 Å². The summed E-state index contributed by atoms with van der Waals surface area (Å²) in [4.78, 5) is 14.6. The highest BCUT2D eigenvalue weighted by Crippen LogP contribution is 2.47. The van der Waals surface area contributed by atoms with Gasteiger partial charge in [0.05, 0.1) is 7.11 Å². The average molecular weight is 287 g/mol. The lowest BCUT2D eigenvalue weighted by atomic mass is 9.90. The average Bonchev–Trinajstić information content (AvgIpc) is 3.27. The van der Waals surface area contributed by atoms with Crippen molar-refractivity contribution in [2.45, 2.75) is 39.0 Å². The van der Waals surface area contributed by atoms with Gasteiger partial charge in [-0.05, 0) is 55.7 Å². The molecule has 1 amide bonds. The summed E-state index contributed by atoms with van der Waals surface area (Å²) in [7, 11) is 1.69. The van der Waals surface area contributed by atoms with Gasteiger partial charge in [0.25, 0.3) is 0 Å². The Morgan fingerprint density at radius 1 is 1.33 bits per heavy atom. The molecule has 2 aliphatic rings. The molecule has 21 heavy (non-hydrogen) atoms. The fourth-order valence-corrected chi connectivity index (χ4v) is 3.29. The lowest BCUT2D eigenvalue weighted by Gasteiger charge is -2.34. The number of rotatable bonds is 4. The van der Waals surface area contributed by atoms with Gasteiger partial charge in [-0.25, -0.2) is 0 Å². The molecule has 114 valence electrons. The van der Waals surface area contributed by atoms with Gasteiger partial charge in [0.2, 0.25) is 5.91 Å². The number of carbonyl (C=O) groups excluding carboxylic acids is 1. The van der Waals surface area contributed by atoms with E-state index in [0.29, 0.717) is 11.8 Å². The molecule has 1 heterocycles. The minimum atomic E-state index is -0.0258. The number of likely N-dealkylation sites (tertiary alicyclic amines) is 1. The molecule has 0 spiro atoms. The highest BCUT2D eigenvalue weighted by Gasteiger charge is 2.47. The van der Waals surface area contributed by atoms with Crippen LogP contribution in [0.5, 0.6) is 5.75 Å². The maximum Gasteiger partial charge on any atom is 0.228 e. The summed E-state index contributed by atoms with van der Waals surface area (Å²) in [6.45, 7) is 4.00. The largest absolute Gasteiger partial charge is 0.497 e. The molecule has 1 saturated heterocycles. The van der Waals surface area contributed by atoms with E-state index in [2.05, 4.69) is 24.0 Å². The minimum Gasteiger partial charge on any atom is -0.497 e. The molecule has 0 radical (unpaired) electrons. The summed E-state index contributed by atoms with van der Waals surface area (Å²) in [5, 5.41) is 0. The summed E-state index contributed by atoms with van der Waals surface area (Å²) in [5.41, 5.74) is 1.31. The first-order valence-electron chi connectivity index (χ1n) is 8.03. The van der Waals surface area contributed by atoms with Crippen molar-refractivity contribution in [2.24, 2.45) is 11.3 Å². The second kappa shape index (κ2) is 5.70. The van der Waals surface area contributed by atoms with Gasteiger partial charge in [-0.15, -0.1) is 0 Å². The third kappa shape index (κ3) is 3.22. The highest BCUT2D eigenvalue weighted by atomic mass is 16.5. The van der Waals surface area contributed by atoms with Crippen molar-refractivity contribution >= 4 is 5.91 Å². The molecule has 1 aliphatic carbocycles. The highest BCUT2D eigenvalue weighted by molar-refractivity contribution is 5.85. The summed E-state index contributed by atoms with van der Waals surface area (Å²) in [6.07, 6.45) is 5.58. The van der Waals surface area contributed by atoms with E-state index in [-0.39, 0.29) is 5.41 Å². The number of piperidine rings is 1. The third-order valence-electron chi connectivity index (χ3n) is 5.01. The fraction of sp³-hybridized carbons (Fsp3) is 0.611. The Labute approximate surface area is 127 Å². The van der Waals surface area contributed by atoms with Crippen molar-refractivity contribution in [2.75, 3.05) is 20.2 Å². The Bertz CT molecular complexity index is 504. The first-order chi connectivity index (χ1) is 10.1. The molecule has 1 unspecified atom stereocenters. The zero-order valence-corrected chi connectivity index (χ0v) is 13.1. The zero-order chi connectivity index (χ0) is 14.9. The predicted octanol–water partition coefficient (Wildman–Crippen LogP) is 3.28. The first-order valence-corrected chi connectivity index (χ1v) is 8.03. The molecule has 1 saturated carbocycles. The number of ether oxygens (including phenoxy) is 1. The SMILES string of the molecule is COc1ccc(CC2CCCN(C(=O)C3(C)CC3)C2)cc1. The van der Waals surface area contributed by atoms with Crippen LogP contribution in [0.15, 0.2) is 24.3 Å². The quantitative estimate of drug-likeness (QED) is 0.850. The molecular weight excluding hydrogens is 262 g/mol. The number of hydrogen-bond acceptors (Lipinski definition) is 2. The van der Waals surface area contributed by atoms with E-state index in [1.807, 2.05) is 12.1 Å². The lowest BCUT2D eigenvalue weighted by Crippen LogP contribution is -2.43. The predicted molar refractivity (Wildman–Crippen MR) is 83.3 cm³/mol. The van der Waals surface area contributed by atoms with Gasteiger partial charge in [0, 0.05) is 18.5 Å². The Kier molecular flexibility index (Phi) is 3.92. The number of hydrogen-bond donors (Lipinski definition) is 0. The Morgan fingerprint density at radius 3 is 2.67 bits per heavy atom. The second-order valence-corrected chi connectivity index (χ2v) is 6.87. The van der Waals surface area contributed by atoms with Crippen molar-refractivity contribution in [1.29, 1.82) is 0 Å². The van der Waals surface area contributed by atoms with E-state index in [9.17, 15) is 4.79 Å². The van der Waals surface area contributed by atoms with Crippen LogP contribution in [0.3, 0.4) is 0 Å². The first kappa shape index (κ1) is 14.4. The second-order valence-electron chi connectivity index (χ2n) is 6.87. The summed E-state index contributed by atoms with van der Waals surface area (Å²) in [6, 6.07) is 8.32. The van der Waals surface area contributed by atoms with Crippen molar-refractivity contribution in [3.63, 3.8) is 0 Å². The van der Waals surface area contributed by atoms with Crippen LogP contribution in [-0.4, -0.2) is 31.0 Å². The molecule has 3 rings (SSSR count). The molecule has 1 atom stereocenters. The molecule has 0 bridgehead atoms. The maximum atomic E-state index is 12.5. The summed E-state index contributed by atoms with van der Waals surface area (Å²) >= 11 is 0. The van der Waals surface area contributed by atoms with E-state index >= 15 is 0 Å². The number of nitrogens with zero attached hydrogens (tertiary/aromatic N) is 1. The van der Waals surface area contributed by atoms with Crippen LogP contribution in [0.25, 0.3) is 0 Å². The number of carbonyl (C=O) groups is 1. The van der Waals surface area contributed by atoms with Gasteiger partial charge >= 0.3 is 0 Å². The van der Waals surface area contributed by atoms with Crippen molar-refractivity contribution in [1.82, 2.24) is 4.90 Å². The fourth-order valence-electron chi connectivity index (χ4n) is 3.29. The molecule has 1 aromatic rings. The van der Waals surface area contributed by atoms with E-state index in [0.717, 1.165) is 44.5 Å². The van der Waals surface area contributed by atoms with Crippen LogP contribution in [0.2, 0.25) is 0 Å². The van der Waals surface area contributed by atoms with Crippen LogP contribution in [0.1, 0.15) is 38.2 Å². The van der Waals surface area contributed by atoms with Crippen molar-refractivity contribution < 1.29 is 9.53 Å². The Balaban J connectivity index is 1.59. The molecule has 2 fully saturated rings. The van der Waals surface area contributed by atoms with Crippen LogP contribution in [0.4, 0.5) is 0 Å². The molecule has 1 aliphatic heterocycles. The summed E-state index contributed by atoms with van der Waals surface area (Å²) in [5.74, 6) is 1.89. The molecule has 0 N–H and O–H groups in total. The third-order valence-corrected chi connectivity index (χ3v) is 5.01. The van der Waals surface area contributed by atoms with Crippen LogP contribution in [0, 0.1) is 11.3 Å². The van der Waals surface area contributed by atoms with E-state index in [1.165, 1.54) is 12.0 Å². The number of amides is 1. The molecule has 3 heteroatoms. The van der Waals surface area contributed by atoms with Crippen LogP contribution < -0.4 is 4.74 Å². The Morgan fingerprint density at radius 2 is 2.05 bits per heavy atom. The minimum absolute atomic E-state index is 0.0258. The van der Waals surface area contributed by atoms with E-state index in [1.54, 1.807) is 7.11 Å². The lowest BCUT2D eigenvalue weighted by molar-refractivity contribution is -0.138. The van der Waals surface area contributed by atoms with Crippen molar-refractivity contribution in [3.8, 4) is 5.75 Å². The number of methoxy groups -OCH3 is 1. The van der Waals surface area contributed by atoms with Gasteiger partial charge in [-0.1, -0.05) is 19.1 Å². The van der Waals surface area contributed by atoms with Crippen LogP contribution in [-0.2, 0) is 11.2 Å². The van der Waals surface area contributed by atoms with Gasteiger partial charge in [-0.2, -0.15) is 0 Å². The van der Waals surface area contributed by atoms with Gasteiger partial charge in [-0.3, -0.25) is 4.79 Å². The van der Waals surface area contributed by atoms with E-state index in [4.69, 9.17) is 4.74 Å². The number of benzene rings is 1. The zero-order valence-electron chi connectivity index (χ0n) is 13.1. The molecular formula is C18H25NO2. The monoisotopic (exact) mass is 287 g/mol. The van der Waals surface area contributed by atoms with Gasteiger partial charge in [0.15, 0.2) is 0 Å². The Hall–Kier alpha value is -1.51. The normalized spacial score (nSPS) is 23.7. The van der Waals surface area contributed by atoms with Gasteiger partial charge in [0.1, 0.15) is 5.75 Å². The topological polar surface area (TPSA) is 29.5 Å².